The molecule has 25 heteroatoms. The number of nitrogens with zero attached hydrogens (tertiary/aromatic N) is 16. The van der Waals surface area contributed by atoms with Gasteiger partial charge in [-0.25, -0.2) is 0 Å². The van der Waals surface area contributed by atoms with E-state index in [1.54, 1.807) is 0 Å². The molecule has 8 saturated heterocycles. The molecule has 0 radical (unpaired) electrons. The zero-order valence-corrected chi connectivity index (χ0v) is 71.8. The minimum absolute atomic E-state index is 0.274. The first-order valence-electron chi connectivity index (χ1n) is 46.3. The maximum Gasteiger partial charge on any atom is 0.227 e. The molecule has 12 unspecified atom stereocenters. The average molecular weight is 1690 g/mol. The molecule has 14 aromatic rings. The molecule has 0 spiro atoms. The fourth-order valence-electron chi connectivity index (χ4n) is 24.1. The number of hydrogen-bond donors (Lipinski definition) is 4. The molecule has 642 valence electrons. The molecule has 6 aromatic carbocycles. The number of nitrogens with one attached hydrogen (secondary N) is 4. The number of aromatic nitrogens is 16. The molecule has 10 fully saturated rings. The van der Waals surface area contributed by atoms with Gasteiger partial charge in [0.05, 0.1) is 78.1 Å². The van der Waals surface area contributed by atoms with Gasteiger partial charge < -0.3 is 19.6 Å². The molecule has 8 aromatic heterocycles. The van der Waals surface area contributed by atoms with Crippen molar-refractivity contribution < 1.29 is 19.2 Å². The number of H-pyrrole nitrogens is 4. The van der Waals surface area contributed by atoms with Crippen LogP contribution in [0.3, 0.4) is 0 Å². The van der Waals surface area contributed by atoms with Gasteiger partial charge in [0.1, 0.15) is 0 Å². The normalized spacial score (nSPS) is 24.2. The first kappa shape index (κ1) is 80.3. The molecule has 12 atom stereocenters. The van der Waals surface area contributed by atoms with E-state index in [-0.39, 0.29) is 17.7 Å². The summed E-state index contributed by atoms with van der Waals surface area (Å²) >= 11 is 5.98. The van der Waals surface area contributed by atoms with E-state index in [1.807, 2.05) is 129 Å². The van der Waals surface area contributed by atoms with Gasteiger partial charge in [-0.3, -0.25) is 58.3 Å². The van der Waals surface area contributed by atoms with E-state index < -0.39 is 0 Å². The molecule has 24 rings (SSSR count). The Balaban J connectivity index is 0.000000102. The number of rotatable bonds is 20. The molecule has 4 amide bonds. The third-order valence-corrected chi connectivity index (χ3v) is 30.4. The van der Waals surface area contributed by atoms with Crippen molar-refractivity contribution in [1.82, 2.24) is 99.5 Å². The molecule has 125 heavy (non-hydrogen) atoms. The Labute approximate surface area is 732 Å². The summed E-state index contributed by atoms with van der Waals surface area (Å²) in [5.74, 6) is 4.32. The monoisotopic (exact) mass is 1690 g/mol. The lowest BCUT2D eigenvalue weighted by Gasteiger charge is -2.30. The van der Waals surface area contributed by atoms with Crippen LogP contribution in [-0.2, 0) is 58.2 Å². The molecule has 2 aliphatic carbocycles. The number of aryl methyl sites for hydroxylation is 1. The molecule has 16 heterocycles. The molecule has 4 N–H and O–H groups in total. The first-order chi connectivity index (χ1) is 61.4. The lowest BCUT2D eigenvalue weighted by atomic mass is 9.86. The minimum Gasteiger partial charge on any atom is -0.336 e. The van der Waals surface area contributed by atoms with Crippen molar-refractivity contribution >= 4 is 78.8 Å². The summed E-state index contributed by atoms with van der Waals surface area (Å²) < 4.78 is 8.56. The Morgan fingerprint density at radius 3 is 1.09 bits per heavy atom. The zero-order chi connectivity index (χ0) is 84.0. The van der Waals surface area contributed by atoms with E-state index in [9.17, 15) is 19.2 Å². The maximum atomic E-state index is 13.3. The lowest BCUT2D eigenvalue weighted by Crippen LogP contribution is -2.41. The molecule has 8 aliphatic heterocycles. The predicted molar refractivity (Wildman–Crippen MR) is 484 cm³/mol. The highest BCUT2D eigenvalue weighted by molar-refractivity contribution is 6.30. The third-order valence-electron chi connectivity index (χ3n) is 30.2. The van der Waals surface area contributed by atoms with E-state index in [0.29, 0.717) is 103 Å². The van der Waals surface area contributed by atoms with Gasteiger partial charge in [0.25, 0.3) is 0 Å². The summed E-state index contributed by atoms with van der Waals surface area (Å²) in [4.78, 5) is 61.7. The Morgan fingerprint density at radius 1 is 0.344 bits per heavy atom. The number of fused-ring (bicyclic) bond motifs is 12. The number of carbonyl (C=O) groups excluding carboxylic acids is 4. The standard InChI is InChI=1S/C26H26ClN5O.C25H31N5O.C25H25N5O.C24H29N5O/c27-22-5-1-17(2-6-22)3-10-26(33)32-23-7-9-25(32)20(12-23)16-31-24-8-4-18(11-19(24)15-30-31)21-13-28-29-14-21;2*31-25(10-17-4-2-1-3-5-17)30-22-7-9-24(30)20(12-22)16-29-23-8-6-18(11-19(23)15-28-29)21-13-26-27-14-21;30-24(16-4-2-1-3-5-16)29-21-7-9-23(29)19(11-21)15-28-22-8-6-17(10-18(22)14-27-28)20-12-25-26-13-20/h1-2,4-6,8,11,13-15,20,23,25H,3,7,9-10,12,16H2,(H,28,29);6,8,11,13-15,17,20,22,24H,1-5,7,9-10,12,16H2,(H,26,27);1-6,8,11,13-15,20,22,24H,7,9-10,12,16H2,(H,26,27);6,8,10,12-14,16,19,21,23H,1-5,7,9,11,15H2,(H,25,26). The highest BCUT2D eigenvalue weighted by Crippen LogP contribution is 2.49. The Morgan fingerprint density at radius 2 is 0.704 bits per heavy atom. The summed E-state index contributed by atoms with van der Waals surface area (Å²) in [6.07, 6.45) is 51.5. The fraction of sp³-hybridized carbons (Fsp3) is 0.440. The highest BCUT2D eigenvalue weighted by atomic mass is 35.5. The first-order valence-corrected chi connectivity index (χ1v) is 46.7. The van der Waals surface area contributed by atoms with Crippen LogP contribution >= 0.6 is 11.6 Å². The minimum atomic E-state index is 0.274. The Kier molecular flexibility index (Phi) is 22.7. The molecular weight excluding hydrogens is 1580 g/mol. The van der Waals surface area contributed by atoms with Crippen molar-refractivity contribution in [2.24, 2.45) is 35.5 Å². The van der Waals surface area contributed by atoms with Crippen LogP contribution in [0.5, 0.6) is 0 Å². The summed E-state index contributed by atoms with van der Waals surface area (Å²) in [6.45, 7) is 3.54. The van der Waals surface area contributed by atoms with E-state index in [1.165, 1.54) is 75.2 Å². The van der Waals surface area contributed by atoms with E-state index >= 15 is 0 Å². The maximum absolute atomic E-state index is 13.3. The molecule has 10 aliphatic rings. The van der Waals surface area contributed by atoms with Gasteiger partial charge in [-0.15, -0.1) is 0 Å². The molecule has 8 bridgehead atoms. The van der Waals surface area contributed by atoms with Crippen LogP contribution in [0.4, 0.5) is 0 Å². The second-order valence-electron chi connectivity index (χ2n) is 37.5. The number of hydrogen-bond acceptors (Lipinski definition) is 12. The number of carbonyl (C=O) groups is 4. The van der Waals surface area contributed by atoms with Crippen molar-refractivity contribution in [3.05, 3.63) is 218 Å². The summed E-state index contributed by atoms with van der Waals surface area (Å²) in [6, 6.07) is 47.0. The average Bonchev–Trinajstić information content (AvgIpc) is 1.62. The van der Waals surface area contributed by atoms with Gasteiger partial charge in [0, 0.05) is 191 Å². The van der Waals surface area contributed by atoms with Gasteiger partial charge in [0.2, 0.25) is 23.6 Å². The Bertz CT molecular complexity index is 6080. The second-order valence-corrected chi connectivity index (χ2v) is 37.9. The number of halogens is 1. The van der Waals surface area contributed by atoms with Crippen LogP contribution < -0.4 is 0 Å². The van der Waals surface area contributed by atoms with Crippen molar-refractivity contribution in [1.29, 1.82) is 0 Å². The lowest BCUT2D eigenvalue weighted by molar-refractivity contribution is -0.138. The molecular formula is C100H111ClN20O4. The summed E-state index contributed by atoms with van der Waals surface area (Å²) in [5, 5.41) is 51.8. The van der Waals surface area contributed by atoms with Crippen LogP contribution in [0.25, 0.3) is 88.1 Å². The second kappa shape index (κ2) is 35.3. The highest BCUT2D eigenvalue weighted by Gasteiger charge is 2.53. The number of amides is 4. The van der Waals surface area contributed by atoms with E-state index in [4.69, 9.17) is 32.0 Å². The molecule has 2 saturated carbocycles. The Hall–Kier alpha value is -11.8. The van der Waals surface area contributed by atoms with E-state index in [0.717, 1.165) is 209 Å². The topological polar surface area (TPSA) is 267 Å². The van der Waals surface area contributed by atoms with Crippen molar-refractivity contribution in [3.63, 3.8) is 0 Å². The summed E-state index contributed by atoms with van der Waals surface area (Å²) in [5.41, 5.74) is 15.8. The van der Waals surface area contributed by atoms with Crippen LogP contribution in [-0.4, -0.2) is 171 Å². The van der Waals surface area contributed by atoms with Crippen LogP contribution in [0.1, 0.15) is 165 Å². The number of aromatic amines is 4. The van der Waals surface area contributed by atoms with Crippen molar-refractivity contribution in [2.75, 3.05) is 0 Å². The van der Waals surface area contributed by atoms with Gasteiger partial charge in [-0.05, 0) is 209 Å². The summed E-state index contributed by atoms with van der Waals surface area (Å²) in [7, 11) is 0. The zero-order valence-electron chi connectivity index (χ0n) is 71.0. The van der Waals surface area contributed by atoms with Crippen molar-refractivity contribution in [3.8, 4) is 44.5 Å². The van der Waals surface area contributed by atoms with Gasteiger partial charge in [-0.2, -0.15) is 40.8 Å². The van der Waals surface area contributed by atoms with Crippen LogP contribution in [0.15, 0.2) is 202 Å². The van der Waals surface area contributed by atoms with E-state index in [2.05, 4.69) is 152 Å². The van der Waals surface area contributed by atoms with Gasteiger partial charge in [-0.1, -0.05) is 117 Å². The number of benzene rings is 6. The predicted octanol–water partition coefficient (Wildman–Crippen LogP) is 18.3. The SMILES string of the molecule is O=C(C1CCCCC1)N1C2CCC1C(Cn1ncc3cc(-c4cn[nH]c4)ccc31)C2.O=C(CC1CCCCC1)N1C2CCC1C(Cn1ncc3cc(-c4cn[nH]c4)ccc31)C2.O=C(CCc1ccc(Cl)cc1)N1C2CCC1C(Cn1ncc3cc(-c4cn[nH]c4)ccc31)C2.O=C(Cc1ccccc1)N1C2CCC1C(Cn1ncc3cc(-c4cn[nH]c4)ccc31)C2. The largest absolute Gasteiger partial charge is 0.336 e. The fourth-order valence-corrected chi connectivity index (χ4v) is 24.2. The van der Waals surface area contributed by atoms with Crippen LogP contribution in [0, 0.1) is 35.5 Å². The van der Waals surface area contributed by atoms with Crippen LogP contribution in [0.2, 0.25) is 5.02 Å². The quantitative estimate of drug-likeness (QED) is 0.0555. The van der Waals surface area contributed by atoms with Crippen molar-refractivity contribution in [2.45, 2.75) is 241 Å². The van der Waals surface area contributed by atoms with Gasteiger partial charge in [0.15, 0.2) is 0 Å². The molecule has 24 nitrogen and oxygen atoms in total. The van der Waals surface area contributed by atoms with Gasteiger partial charge >= 0.3 is 0 Å². The smallest absolute Gasteiger partial charge is 0.227 e. The third kappa shape index (κ3) is 16.5.